The Bertz CT molecular complexity index is 169. The molecule has 1 heterocycles. The van der Waals surface area contributed by atoms with E-state index in [9.17, 15) is 0 Å². The van der Waals surface area contributed by atoms with Crippen molar-refractivity contribution < 1.29 is 0 Å². The van der Waals surface area contributed by atoms with Gasteiger partial charge in [0.05, 0.1) is 0 Å². The van der Waals surface area contributed by atoms with Crippen LogP contribution in [0.4, 0.5) is 0 Å². The summed E-state index contributed by atoms with van der Waals surface area (Å²) in [4.78, 5) is 0. The van der Waals surface area contributed by atoms with Crippen LogP contribution in [-0.4, -0.2) is 18.0 Å². The summed E-state index contributed by atoms with van der Waals surface area (Å²) in [6.07, 6.45) is 9.51. The van der Waals surface area contributed by atoms with Gasteiger partial charge in [0.1, 0.15) is 0 Å². The van der Waals surface area contributed by atoms with E-state index in [0.717, 1.165) is 0 Å². The molecule has 0 bridgehead atoms. The van der Waals surface area contributed by atoms with E-state index in [4.69, 9.17) is 0 Å². The Balaban J connectivity index is 1.89. The fourth-order valence-corrected chi connectivity index (χ4v) is 7.81. The van der Waals surface area contributed by atoms with E-state index < -0.39 is 0 Å². The molecule has 0 amide bonds. The highest BCUT2D eigenvalue weighted by atomic mass is 31.1. The lowest BCUT2D eigenvalue weighted by Crippen LogP contribution is -2.13. The molecule has 0 radical (unpaired) electrons. The zero-order chi connectivity index (χ0) is 8.13. The van der Waals surface area contributed by atoms with E-state index in [0.29, 0.717) is 7.92 Å². The summed E-state index contributed by atoms with van der Waals surface area (Å²) in [6, 6.07) is 0. The third-order valence-corrected chi connectivity index (χ3v) is 8.03. The topological polar surface area (TPSA) is 0 Å². The van der Waals surface area contributed by atoms with Crippen molar-refractivity contribution in [2.45, 2.75) is 49.8 Å². The summed E-state index contributed by atoms with van der Waals surface area (Å²) in [5.41, 5.74) is 2.44. The quantitative estimate of drug-likeness (QED) is 0.503. The minimum absolute atomic E-state index is 0.454. The third kappa shape index (κ3) is 0.882. The second-order valence-corrected chi connectivity index (χ2v) is 7.65. The molecule has 0 aromatic carbocycles. The number of fused-ring (bicyclic) bond motifs is 3. The predicted molar refractivity (Wildman–Crippen MR) is 55.1 cm³/mol. The molecule has 0 N–H and O–H groups in total. The van der Waals surface area contributed by atoms with Crippen molar-refractivity contribution in [3.05, 3.63) is 0 Å². The van der Waals surface area contributed by atoms with Gasteiger partial charge in [0, 0.05) is 0 Å². The van der Waals surface area contributed by atoms with Crippen LogP contribution in [0.1, 0.15) is 38.5 Å². The second kappa shape index (κ2) is 2.71. The van der Waals surface area contributed by atoms with Crippen molar-refractivity contribution in [2.75, 3.05) is 6.66 Å². The van der Waals surface area contributed by atoms with Crippen molar-refractivity contribution in [3.63, 3.8) is 0 Å². The van der Waals surface area contributed by atoms with Gasteiger partial charge >= 0.3 is 0 Å². The van der Waals surface area contributed by atoms with E-state index >= 15 is 0 Å². The molecule has 1 aliphatic heterocycles. The van der Waals surface area contributed by atoms with Crippen LogP contribution in [0.25, 0.3) is 0 Å². The van der Waals surface area contributed by atoms with Gasteiger partial charge in [-0.15, -0.1) is 7.92 Å². The smallest absolute Gasteiger partial charge is 0.0178 e. The van der Waals surface area contributed by atoms with Gasteiger partial charge in [0.2, 0.25) is 0 Å². The van der Waals surface area contributed by atoms with Crippen LogP contribution in [0.2, 0.25) is 0 Å². The second-order valence-electron chi connectivity index (χ2n) is 4.99. The Hall–Kier alpha value is 0.430. The minimum atomic E-state index is 0.454. The van der Waals surface area contributed by atoms with Gasteiger partial charge in [0.15, 0.2) is 0 Å². The van der Waals surface area contributed by atoms with Crippen LogP contribution >= 0.6 is 7.92 Å². The van der Waals surface area contributed by atoms with Crippen LogP contribution in [0.5, 0.6) is 0 Å². The lowest BCUT2D eigenvalue weighted by molar-refractivity contribution is 0.384. The summed E-state index contributed by atoms with van der Waals surface area (Å²) >= 11 is 0. The molecule has 68 valence electrons. The van der Waals surface area contributed by atoms with Gasteiger partial charge in [-0.05, 0) is 55.5 Å². The lowest BCUT2D eigenvalue weighted by Gasteiger charge is -2.18. The summed E-state index contributed by atoms with van der Waals surface area (Å²) < 4.78 is 0. The first kappa shape index (κ1) is 7.80. The largest absolute Gasteiger partial charge is 0.103 e. The first-order valence-electron chi connectivity index (χ1n) is 5.60. The molecule has 1 saturated heterocycles. The molecule has 1 heteroatoms. The summed E-state index contributed by atoms with van der Waals surface area (Å²) in [5.74, 6) is 2.40. The Labute approximate surface area is 76.9 Å². The first-order chi connectivity index (χ1) is 5.88. The molecule has 0 aromatic rings. The number of hydrogen-bond donors (Lipinski definition) is 0. The Morgan fingerprint density at radius 3 is 1.83 bits per heavy atom. The van der Waals surface area contributed by atoms with Crippen molar-refractivity contribution in [2.24, 2.45) is 11.8 Å². The lowest BCUT2D eigenvalue weighted by atomic mass is 9.90. The molecule has 3 fully saturated rings. The molecule has 0 spiro atoms. The van der Waals surface area contributed by atoms with Gasteiger partial charge in [-0.25, -0.2) is 0 Å². The van der Waals surface area contributed by atoms with E-state index in [-0.39, 0.29) is 0 Å². The molecule has 3 aliphatic rings. The Morgan fingerprint density at radius 1 is 0.833 bits per heavy atom. The molecule has 0 unspecified atom stereocenters. The van der Waals surface area contributed by atoms with Crippen LogP contribution in [0.15, 0.2) is 0 Å². The molecule has 4 atom stereocenters. The van der Waals surface area contributed by atoms with Gasteiger partial charge in [-0.2, -0.15) is 0 Å². The van der Waals surface area contributed by atoms with Crippen LogP contribution in [0.3, 0.4) is 0 Å². The maximum atomic E-state index is 2.61. The van der Waals surface area contributed by atoms with Crippen LogP contribution < -0.4 is 0 Å². The Morgan fingerprint density at radius 2 is 1.33 bits per heavy atom. The molecular weight excluding hydrogens is 163 g/mol. The van der Waals surface area contributed by atoms with Gasteiger partial charge in [0.25, 0.3) is 0 Å². The highest BCUT2D eigenvalue weighted by Crippen LogP contribution is 2.67. The highest BCUT2D eigenvalue weighted by Gasteiger charge is 2.50. The fraction of sp³-hybridized carbons (Fsp3) is 1.00. The SMILES string of the molecule is CP1[C@H]2CCC[C@H]2[C@@H]2CCC[C@@H]21. The highest BCUT2D eigenvalue weighted by molar-refractivity contribution is 7.58. The van der Waals surface area contributed by atoms with E-state index in [1.54, 1.807) is 38.5 Å². The van der Waals surface area contributed by atoms with Gasteiger partial charge < -0.3 is 0 Å². The molecule has 0 nitrogen and oxygen atoms in total. The van der Waals surface area contributed by atoms with E-state index in [1.165, 1.54) is 23.2 Å². The molecule has 3 rings (SSSR count). The normalized spacial score (nSPS) is 57.2. The minimum Gasteiger partial charge on any atom is -0.103 e. The summed E-state index contributed by atoms with van der Waals surface area (Å²) in [5, 5.41) is 0. The molecular formula is C11H19P. The maximum absolute atomic E-state index is 2.61. The maximum Gasteiger partial charge on any atom is -0.0178 e. The van der Waals surface area contributed by atoms with Crippen LogP contribution in [-0.2, 0) is 0 Å². The molecule has 12 heavy (non-hydrogen) atoms. The van der Waals surface area contributed by atoms with Crippen molar-refractivity contribution >= 4 is 7.92 Å². The van der Waals surface area contributed by atoms with Crippen molar-refractivity contribution in [3.8, 4) is 0 Å². The Kier molecular flexibility index (Phi) is 1.76. The number of rotatable bonds is 0. The average molecular weight is 182 g/mol. The van der Waals surface area contributed by atoms with E-state index in [1.807, 2.05) is 0 Å². The first-order valence-corrected chi connectivity index (χ1v) is 7.52. The molecule has 2 aliphatic carbocycles. The van der Waals surface area contributed by atoms with Crippen molar-refractivity contribution in [1.29, 1.82) is 0 Å². The third-order valence-electron chi connectivity index (χ3n) is 4.66. The van der Waals surface area contributed by atoms with Crippen molar-refractivity contribution in [1.82, 2.24) is 0 Å². The van der Waals surface area contributed by atoms with Gasteiger partial charge in [-0.3, -0.25) is 0 Å². The predicted octanol–water partition coefficient (Wildman–Crippen LogP) is 3.45. The standard InChI is InChI=1S/C11H19P/c1-12-10-6-2-4-8(10)9-5-3-7-11(9)12/h8-11H,2-7H2,1H3/t8-,9-,10-,11-/m0/s1. The van der Waals surface area contributed by atoms with Gasteiger partial charge in [-0.1, -0.05) is 12.8 Å². The van der Waals surface area contributed by atoms with Crippen LogP contribution in [0, 0.1) is 11.8 Å². The zero-order valence-electron chi connectivity index (χ0n) is 8.00. The monoisotopic (exact) mass is 182 g/mol. The van der Waals surface area contributed by atoms with E-state index in [2.05, 4.69) is 6.66 Å². The average Bonchev–Trinajstić information content (AvgIpc) is 2.72. The number of hydrogen-bond acceptors (Lipinski definition) is 0. The summed E-state index contributed by atoms with van der Waals surface area (Å²) in [7, 11) is 0.454. The fourth-order valence-electron chi connectivity index (χ4n) is 4.19. The zero-order valence-corrected chi connectivity index (χ0v) is 8.89. The summed E-state index contributed by atoms with van der Waals surface area (Å²) in [6.45, 7) is 2.61. The molecule has 0 aromatic heterocycles. The molecule has 2 saturated carbocycles.